The van der Waals surface area contributed by atoms with Crippen LogP contribution in [0.2, 0.25) is 0 Å². The fourth-order valence-corrected chi connectivity index (χ4v) is 4.08. The summed E-state index contributed by atoms with van der Waals surface area (Å²) in [7, 11) is 0. The number of hydrogen-bond donors (Lipinski definition) is 1. The summed E-state index contributed by atoms with van der Waals surface area (Å²) >= 11 is 2.09. The van der Waals surface area contributed by atoms with E-state index >= 15 is 0 Å². The smallest absolute Gasteiger partial charge is 0.0701 e. The van der Waals surface area contributed by atoms with Gasteiger partial charge >= 0.3 is 0 Å². The molecule has 100 valence electrons. The molecule has 1 unspecified atom stereocenters. The largest absolute Gasteiger partial charge is 0.375 e. The lowest BCUT2D eigenvalue weighted by Crippen LogP contribution is -2.47. The van der Waals surface area contributed by atoms with Crippen LogP contribution in [0.5, 0.6) is 0 Å². The summed E-state index contributed by atoms with van der Waals surface area (Å²) in [5.41, 5.74) is 0.488. The van der Waals surface area contributed by atoms with Gasteiger partial charge < -0.3 is 10.1 Å². The van der Waals surface area contributed by atoms with Crippen LogP contribution in [0, 0.1) is 5.92 Å². The molecular formula is C14H27NOS. The van der Waals surface area contributed by atoms with E-state index in [1.807, 2.05) is 0 Å². The topological polar surface area (TPSA) is 21.3 Å². The predicted molar refractivity (Wildman–Crippen MR) is 75.7 cm³/mol. The van der Waals surface area contributed by atoms with Gasteiger partial charge in [-0.05, 0) is 70.4 Å². The molecule has 2 saturated heterocycles. The Morgan fingerprint density at radius 3 is 2.65 bits per heavy atom. The number of hydrogen-bond acceptors (Lipinski definition) is 3. The van der Waals surface area contributed by atoms with Crippen molar-refractivity contribution >= 4 is 11.8 Å². The Morgan fingerprint density at radius 2 is 2.00 bits per heavy atom. The summed E-state index contributed by atoms with van der Waals surface area (Å²) in [6.45, 7) is 8.88. The lowest BCUT2D eigenvalue weighted by atomic mass is 9.81. The minimum Gasteiger partial charge on any atom is -0.375 e. The van der Waals surface area contributed by atoms with Crippen LogP contribution >= 0.6 is 11.8 Å². The molecule has 2 heterocycles. The first kappa shape index (κ1) is 13.7. The van der Waals surface area contributed by atoms with Crippen LogP contribution in [0.25, 0.3) is 0 Å². The van der Waals surface area contributed by atoms with Crippen molar-refractivity contribution in [2.24, 2.45) is 5.92 Å². The molecule has 2 aliphatic rings. The van der Waals surface area contributed by atoms with Crippen molar-refractivity contribution in [3.8, 4) is 0 Å². The fraction of sp³-hybridized carbons (Fsp3) is 1.00. The van der Waals surface area contributed by atoms with Crippen molar-refractivity contribution < 1.29 is 4.74 Å². The molecule has 2 fully saturated rings. The molecule has 1 atom stereocenters. The van der Waals surface area contributed by atoms with Gasteiger partial charge in [-0.3, -0.25) is 0 Å². The molecular weight excluding hydrogens is 230 g/mol. The van der Waals surface area contributed by atoms with E-state index in [0.717, 1.165) is 19.1 Å². The maximum atomic E-state index is 6.13. The van der Waals surface area contributed by atoms with Gasteiger partial charge in [-0.15, -0.1) is 0 Å². The molecule has 0 saturated carbocycles. The second kappa shape index (κ2) is 5.50. The van der Waals surface area contributed by atoms with Crippen LogP contribution in [-0.4, -0.2) is 35.8 Å². The molecule has 3 heteroatoms. The van der Waals surface area contributed by atoms with E-state index in [9.17, 15) is 0 Å². The van der Waals surface area contributed by atoms with E-state index in [1.54, 1.807) is 0 Å². The van der Waals surface area contributed by atoms with Crippen LogP contribution in [-0.2, 0) is 4.74 Å². The zero-order chi connectivity index (χ0) is 12.4. The second-order valence-electron chi connectivity index (χ2n) is 6.63. The highest BCUT2D eigenvalue weighted by atomic mass is 32.2. The molecule has 1 N–H and O–H groups in total. The number of rotatable bonds is 2. The van der Waals surface area contributed by atoms with Crippen molar-refractivity contribution in [1.82, 2.24) is 5.32 Å². The second-order valence-corrected chi connectivity index (χ2v) is 7.86. The Balaban J connectivity index is 1.84. The zero-order valence-electron chi connectivity index (χ0n) is 11.6. The SMILES string of the molecule is CC(C)(C)NCC1CCOC2(CCSCC2)C1. The van der Waals surface area contributed by atoms with Gasteiger partial charge in [0.15, 0.2) is 0 Å². The third-order valence-corrected chi connectivity index (χ3v) is 4.91. The first-order valence-electron chi connectivity index (χ1n) is 6.96. The summed E-state index contributed by atoms with van der Waals surface area (Å²) in [6.07, 6.45) is 5.04. The van der Waals surface area contributed by atoms with E-state index in [0.29, 0.717) is 0 Å². The van der Waals surface area contributed by atoms with Crippen LogP contribution in [0.15, 0.2) is 0 Å². The molecule has 2 aliphatic heterocycles. The highest BCUT2D eigenvalue weighted by Gasteiger charge is 2.38. The maximum Gasteiger partial charge on any atom is 0.0701 e. The molecule has 0 aromatic heterocycles. The lowest BCUT2D eigenvalue weighted by Gasteiger charge is -2.44. The monoisotopic (exact) mass is 257 g/mol. The third kappa shape index (κ3) is 4.15. The standard InChI is InChI=1S/C14H27NOS/c1-13(2,3)15-11-12-4-7-16-14(10-12)5-8-17-9-6-14/h12,15H,4-11H2,1-3H3. The van der Waals surface area contributed by atoms with Crippen LogP contribution in [0.1, 0.15) is 46.5 Å². The molecule has 0 aromatic rings. The van der Waals surface area contributed by atoms with Crippen LogP contribution in [0.3, 0.4) is 0 Å². The Kier molecular flexibility index (Phi) is 4.43. The minimum absolute atomic E-state index is 0.244. The maximum absolute atomic E-state index is 6.13. The van der Waals surface area contributed by atoms with Crippen molar-refractivity contribution in [2.45, 2.75) is 57.6 Å². The van der Waals surface area contributed by atoms with Crippen LogP contribution in [0.4, 0.5) is 0 Å². The molecule has 2 rings (SSSR count). The van der Waals surface area contributed by atoms with E-state index in [2.05, 4.69) is 37.8 Å². The van der Waals surface area contributed by atoms with Gasteiger partial charge in [0, 0.05) is 12.1 Å². The molecule has 2 nitrogen and oxygen atoms in total. The van der Waals surface area contributed by atoms with Crippen molar-refractivity contribution in [1.29, 1.82) is 0 Å². The number of nitrogens with one attached hydrogen (secondary N) is 1. The molecule has 17 heavy (non-hydrogen) atoms. The van der Waals surface area contributed by atoms with E-state index < -0.39 is 0 Å². The first-order valence-corrected chi connectivity index (χ1v) is 8.11. The Labute approximate surface area is 110 Å². The van der Waals surface area contributed by atoms with Crippen molar-refractivity contribution in [3.05, 3.63) is 0 Å². The van der Waals surface area contributed by atoms with Gasteiger partial charge in [-0.2, -0.15) is 11.8 Å². The van der Waals surface area contributed by atoms with Gasteiger partial charge in [0.2, 0.25) is 0 Å². The summed E-state index contributed by atoms with van der Waals surface area (Å²) in [5.74, 6) is 3.39. The van der Waals surface area contributed by atoms with E-state index in [4.69, 9.17) is 4.74 Å². The van der Waals surface area contributed by atoms with Gasteiger partial charge in [-0.25, -0.2) is 0 Å². The van der Waals surface area contributed by atoms with Crippen LogP contribution < -0.4 is 5.32 Å². The number of thioether (sulfide) groups is 1. The minimum atomic E-state index is 0.244. The molecule has 0 aliphatic carbocycles. The van der Waals surface area contributed by atoms with E-state index in [1.165, 1.54) is 37.2 Å². The zero-order valence-corrected chi connectivity index (χ0v) is 12.4. The van der Waals surface area contributed by atoms with Gasteiger partial charge in [-0.1, -0.05) is 0 Å². The Hall–Kier alpha value is 0.270. The Bertz CT molecular complexity index is 238. The Morgan fingerprint density at radius 1 is 1.29 bits per heavy atom. The summed E-state index contributed by atoms with van der Waals surface area (Å²) < 4.78 is 6.13. The van der Waals surface area contributed by atoms with Gasteiger partial charge in [0.25, 0.3) is 0 Å². The average molecular weight is 257 g/mol. The molecule has 0 radical (unpaired) electrons. The van der Waals surface area contributed by atoms with Crippen molar-refractivity contribution in [3.63, 3.8) is 0 Å². The normalized spacial score (nSPS) is 29.5. The average Bonchev–Trinajstić information content (AvgIpc) is 2.27. The lowest BCUT2D eigenvalue weighted by molar-refractivity contribution is -0.102. The molecule has 1 spiro atoms. The van der Waals surface area contributed by atoms with Gasteiger partial charge in [0.1, 0.15) is 0 Å². The highest BCUT2D eigenvalue weighted by molar-refractivity contribution is 7.99. The summed E-state index contributed by atoms with van der Waals surface area (Å²) in [4.78, 5) is 0. The highest BCUT2D eigenvalue weighted by Crippen LogP contribution is 2.39. The first-order chi connectivity index (χ1) is 7.99. The predicted octanol–water partition coefficient (Wildman–Crippen LogP) is 3.07. The van der Waals surface area contributed by atoms with E-state index in [-0.39, 0.29) is 11.1 Å². The third-order valence-electron chi connectivity index (χ3n) is 3.92. The quantitative estimate of drug-likeness (QED) is 0.821. The van der Waals surface area contributed by atoms with Crippen molar-refractivity contribution in [2.75, 3.05) is 24.7 Å². The number of ether oxygens (including phenoxy) is 1. The van der Waals surface area contributed by atoms with Gasteiger partial charge in [0.05, 0.1) is 5.60 Å². The molecule has 0 aromatic carbocycles. The molecule has 0 amide bonds. The summed E-state index contributed by atoms with van der Waals surface area (Å²) in [6, 6.07) is 0. The fourth-order valence-electron chi connectivity index (χ4n) is 2.85. The summed E-state index contributed by atoms with van der Waals surface area (Å²) in [5, 5.41) is 3.65. The molecule has 0 bridgehead atoms.